The minimum atomic E-state index is -0.360. The van der Waals surface area contributed by atoms with Gasteiger partial charge in [-0.25, -0.2) is 9.37 Å². The molecule has 0 saturated heterocycles. The third-order valence-electron chi connectivity index (χ3n) is 3.49. The largest absolute Gasteiger partial charge is 0.438 e. The molecule has 0 atom stereocenters. The monoisotopic (exact) mass is 346 g/mol. The van der Waals surface area contributed by atoms with E-state index >= 15 is 0 Å². The van der Waals surface area contributed by atoms with Crippen LogP contribution >= 0.6 is 15.9 Å². The summed E-state index contributed by atoms with van der Waals surface area (Å²) in [5.74, 6) is 0.376. The van der Waals surface area contributed by atoms with E-state index in [2.05, 4.69) is 27.0 Å². The van der Waals surface area contributed by atoms with Crippen LogP contribution in [0.25, 0.3) is 0 Å². The van der Waals surface area contributed by atoms with Crippen molar-refractivity contribution in [3.8, 4) is 17.7 Å². The van der Waals surface area contributed by atoms with Crippen molar-refractivity contribution in [2.45, 2.75) is 25.7 Å². The summed E-state index contributed by atoms with van der Waals surface area (Å²) in [4.78, 5) is 4.48. The molecule has 1 aliphatic carbocycles. The first-order valence-electron chi connectivity index (χ1n) is 6.73. The van der Waals surface area contributed by atoms with Crippen LogP contribution < -0.4 is 4.74 Å². The van der Waals surface area contributed by atoms with E-state index in [4.69, 9.17) is 4.74 Å². The van der Waals surface area contributed by atoms with Gasteiger partial charge in [0.1, 0.15) is 23.2 Å². The average molecular weight is 347 g/mol. The van der Waals surface area contributed by atoms with E-state index in [9.17, 15) is 9.65 Å². The molecule has 0 saturated carbocycles. The minimum Gasteiger partial charge on any atom is -0.438 e. The summed E-state index contributed by atoms with van der Waals surface area (Å²) in [5, 5.41) is 9.26. The molecule has 106 valence electrons. The average Bonchev–Trinajstić information content (AvgIpc) is 2.50. The molecule has 2 aromatic rings. The third kappa shape index (κ3) is 2.91. The summed E-state index contributed by atoms with van der Waals surface area (Å²) in [6, 6.07) is 8.33. The van der Waals surface area contributed by atoms with Crippen molar-refractivity contribution in [2.75, 3.05) is 0 Å². The Labute approximate surface area is 130 Å². The lowest BCUT2D eigenvalue weighted by atomic mass is 9.95. The Morgan fingerprint density at radius 3 is 2.81 bits per heavy atom. The Kier molecular flexibility index (Phi) is 3.89. The highest BCUT2D eigenvalue weighted by atomic mass is 79.9. The second-order valence-electron chi connectivity index (χ2n) is 4.94. The molecule has 0 radical (unpaired) electrons. The zero-order valence-electron chi connectivity index (χ0n) is 11.2. The van der Waals surface area contributed by atoms with Crippen molar-refractivity contribution in [2.24, 2.45) is 0 Å². The molecule has 5 heteroatoms. The van der Waals surface area contributed by atoms with E-state index in [1.807, 2.05) is 6.07 Å². The maximum atomic E-state index is 13.2. The summed E-state index contributed by atoms with van der Waals surface area (Å²) in [5.41, 5.74) is 2.54. The predicted molar refractivity (Wildman–Crippen MR) is 79.8 cm³/mol. The van der Waals surface area contributed by atoms with Gasteiger partial charge < -0.3 is 4.74 Å². The number of aromatic nitrogens is 1. The Bertz CT molecular complexity index is 740. The first-order valence-corrected chi connectivity index (χ1v) is 7.52. The number of rotatable bonds is 2. The van der Waals surface area contributed by atoms with E-state index in [-0.39, 0.29) is 11.7 Å². The van der Waals surface area contributed by atoms with E-state index in [1.165, 1.54) is 18.2 Å². The maximum Gasteiger partial charge on any atom is 0.237 e. The fraction of sp³-hybridized carbons (Fsp3) is 0.250. The van der Waals surface area contributed by atoms with Crippen molar-refractivity contribution >= 4 is 15.9 Å². The van der Waals surface area contributed by atoms with Gasteiger partial charge in [0, 0.05) is 5.69 Å². The maximum absolute atomic E-state index is 13.2. The molecule has 0 bridgehead atoms. The molecule has 1 aliphatic rings. The zero-order chi connectivity index (χ0) is 14.8. The molecular weight excluding hydrogens is 335 g/mol. The van der Waals surface area contributed by atoms with Crippen molar-refractivity contribution < 1.29 is 9.13 Å². The predicted octanol–water partition coefficient (Wildman–Crippen LogP) is 4.53. The Morgan fingerprint density at radius 2 is 2.05 bits per heavy atom. The van der Waals surface area contributed by atoms with Crippen molar-refractivity contribution in [3.63, 3.8) is 0 Å². The van der Waals surface area contributed by atoms with E-state index in [0.717, 1.165) is 36.9 Å². The van der Waals surface area contributed by atoms with Crippen LogP contribution in [0.5, 0.6) is 11.6 Å². The number of aryl methyl sites for hydroxylation is 2. The lowest BCUT2D eigenvalue weighted by molar-refractivity contribution is 0.454. The molecule has 0 unspecified atom stereocenters. The summed E-state index contributed by atoms with van der Waals surface area (Å²) in [7, 11) is 0. The van der Waals surface area contributed by atoms with Gasteiger partial charge in [-0.3, -0.25) is 0 Å². The Balaban J connectivity index is 1.97. The second-order valence-corrected chi connectivity index (χ2v) is 5.80. The standard InChI is InChI=1S/C16H12BrFN2O/c17-13-8-12(5-6-14(13)18)21-16-11(9-19)7-10-3-1-2-4-15(10)20-16/h5-8H,1-4H2. The van der Waals surface area contributed by atoms with Gasteiger partial charge in [-0.1, -0.05) is 0 Å². The van der Waals surface area contributed by atoms with Gasteiger partial charge in [0.15, 0.2) is 0 Å². The van der Waals surface area contributed by atoms with Crippen LogP contribution in [0.4, 0.5) is 4.39 Å². The Morgan fingerprint density at radius 1 is 1.24 bits per heavy atom. The van der Waals surface area contributed by atoms with Crippen LogP contribution in [-0.4, -0.2) is 4.98 Å². The number of fused-ring (bicyclic) bond motifs is 1. The number of ether oxygens (including phenoxy) is 1. The highest BCUT2D eigenvalue weighted by Gasteiger charge is 2.16. The van der Waals surface area contributed by atoms with Gasteiger partial charge in [-0.2, -0.15) is 5.26 Å². The summed E-state index contributed by atoms with van der Waals surface area (Å²) in [6.45, 7) is 0. The summed E-state index contributed by atoms with van der Waals surface area (Å²) < 4.78 is 19.2. The fourth-order valence-corrected chi connectivity index (χ4v) is 2.78. The molecule has 1 aromatic heterocycles. The van der Waals surface area contributed by atoms with Crippen molar-refractivity contribution in [1.82, 2.24) is 4.98 Å². The number of benzene rings is 1. The fourth-order valence-electron chi connectivity index (χ4n) is 2.42. The Hall–Kier alpha value is -1.93. The molecule has 0 aliphatic heterocycles. The smallest absolute Gasteiger partial charge is 0.237 e. The summed E-state index contributed by atoms with van der Waals surface area (Å²) in [6.07, 6.45) is 4.10. The summed E-state index contributed by atoms with van der Waals surface area (Å²) >= 11 is 3.11. The van der Waals surface area contributed by atoms with Crippen LogP contribution in [0.15, 0.2) is 28.7 Å². The van der Waals surface area contributed by atoms with E-state index in [1.54, 1.807) is 0 Å². The van der Waals surface area contributed by atoms with Gasteiger partial charge in [0.05, 0.1) is 4.47 Å². The number of hydrogen-bond donors (Lipinski definition) is 0. The highest BCUT2D eigenvalue weighted by molar-refractivity contribution is 9.10. The molecular formula is C16H12BrFN2O. The molecule has 1 aromatic carbocycles. The molecule has 3 rings (SSSR count). The molecule has 0 fully saturated rings. The molecule has 21 heavy (non-hydrogen) atoms. The number of nitriles is 1. The molecule has 0 spiro atoms. The topological polar surface area (TPSA) is 45.9 Å². The zero-order valence-corrected chi connectivity index (χ0v) is 12.8. The normalized spacial score (nSPS) is 13.4. The lowest BCUT2D eigenvalue weighted by Crippen LogP contribution is -2.07. The van der Waals surface area contributed by atoms with Crippen molar-refractivity contribution in [1.29, 1.82) is 5.26 Å². The third-order valence-corrected chi connectivity index (χ3v) is 4.10. The van der Waals surface area contributed by atoms with Crippen LogP contribution in [-0.2, 0) is 12.8 Å². The van der Waals surface area contributed by atoms with E-state index in [0.29, 0.717) is 15.8 Å². The van der Waals surface area contributed by atoms with Gasteiger partial charge in [-0.05, 0) is 71.4 Å². The lowest BCUT2D eigenvalue weighted by Gasteiger charge is -2.16. The molecule has 0 amide bonds. The minimum absolute atomic E-state index is 0.289. The number of hydrogen-bond acceptors (Lipinski definition) is 3. The van der Waals surface area contributed by atoms with Gasteiger partial charge in [0.2, 0.25) is 5.88 Å². The molecule has 1 heterocycles. The van der Waals surface area contributed by atoms with Crippen LogP contribution in [0.1, 0.15) is 29.7 Å². The number of nitrogens with zero attached hydrogens (tertiary/aromatic N) is 2. The van der Waals surface area contributed by atoms with Crippen LogP contribution in [0, 0.1) is 17.1 Å². The molecule has 3 nitrogen and oxygen atoms in total. The number of pyridine rings is 1. The van der Waals surface area contributed by atoms with Crippen LogP contribution in [0.3, 0.4) is 0 Å². The molecule has 0 N–H and O–H groups in total. The second kappa shape index (κ2) is 5.82. The first kappa shape index (κ1) is 14.0. The van der Waals surface area contributed by atoms with Crippen LogP contribution in [0.2, 0.25) is 0 Å². The van der Waals surface area contributed by atoms with Gasteiger partial charge in [-0.15, -0.1) is 0 Å². The SMILES string of the molecule is N#Cc1cc2c(nc1Oc1ccc(F)c(Br)c1)CCCC2. The first-order chi connectivity index (χ1) is 10.2. The van der Waals surface area contributed by atoms with E-state index < -0.39 is 0 Å². The van der Waals surface area contributed by atoms with Gasteiger partial charge in [0.25, 0.3) is 0 Å². The van der Waals surface area contributed by atoms with Gasteiger partial charge >= 0.3 is 0 Å². The number of halogens is 2. The van der Waals surface area contributed by atoms with Crippen molar-refractivity contribution in [3.05, 3.63) is 51.4 Å². The quantitative estimate of drug-likeness (QED) is 0.802. The highest BCUT2D eigenvalue weighted by Crippen LogP contribution is 2.30.